The Labute approximate surface area is 128 Å². The quantitative estimate of drug-likeness (QED) is 0.771. The third kappa shape index (κ3) is 4.36. The van der Waals surface area contributed by atoms with Crippen LogP contribution in [0, 0.1) is 5.92 Å². The first-order valence-corrected chi connectivity index (χ1v) is 7.85. The topological polar surface area (TPSA) is 12.0 Å². The molecule has 118 valence electrons. The van der Waals surface area contributed by atoms with Gasteiger partial charge >= 0.3 is 6.18 Å². The monoisotopic (exact) mass is 319 g/mol. The van der Waals surface area contributed by atoms with E-state index in [0.717, 1.165) is 31.7 Å². The van der Waals surface area contributed by atoms with Crippen LogP contribution in [0.3, 0.4) is 0 Å². The predicted molar refractivity (Wildman–Crippen MR) is 79.4 cm³/mol. The number of hydrogen-bond acceptors (Lipinski definition) is 1. The van der Waals surface area contributed by atoms with Crippen molar-refractivity contribution in [3.8, 4) is 0 Å². The number of benzene rings is 1. The van der Waals surface area contributed by atoms with Crippen molar-refractivity contribution in [3.63, 3.8) is 0 Å². The summed E-state index contributed by atoms with van der Waals surface area (Å²) in [6.07, 6.45) is -0.0989. The first kappa shape index (κ1) is 16.6. The van der Waals surface area contributed by atoms with Gasteiger partial charge in [0.25, 0.3) is 0 Å². The maximum absolute atomic E-state index is 12.7. The highest BCUT2D eigenvalue weighted by molar-refractivity contribution is 6.18. The zero-order valence-corrected chi connectivity index (χ0v) is 12.9. The molecule has 1 aromatic rings. The summed E-state index contributed by atoms with van der Waals surface area (Å²) in [6, 6.07) is 5.48. The molecule has 1 saturated carbocycles. The zero-order valence-electron chi connectivity index (χ0n) is 12.1. The molecule has 1 fully saturated rings. The fraction of sp³-hybridized carbons (Fsp3) is 0.625. The zero-order chi connectivity index (χ0) is 15.5. The molecule has 0 atom stereocenters. The maximum Gasteiger partial charge on any atom is 0.416 e. The van der Waals surface area contributed by atoms with Gasteiger partial charge in [-0.25, -0.2) is 0 Å². The molecule has 1 aliphatic carbocycles. The fourth-order valence-electron chi connectivity index (χ4n) is 2.82. The number of nitrogens with one attached hydrogen (secondary N) is 1. The van der Waals surface area contributed by atoms with Crippen LogP contribution in [0.1, 0.15) is 43.7 Å². The van der Waals surface area contributed by atoms with Crippen LogP contribution in [0.5, 0.6) is 0 Å². The molecule has 5 heteroatoms. The van der Waals surface area contributed by atoms with E-state index in [9.17, 15) is 13.2 Å². The first-order valence-electron chi connectivity index (χ1n) is 7.32. The predicted octanol–water partition coefficient (Wildman–Crippen LogP) is 4.98. The second-order valence-electron chi connectivity index (χ2n) is 6.15. The molecule has 0 heterocycles. The molecule has 0 aliphatic heterocycles. The highest BCUT2D eigenvalue weighted by Crippen LogP contribution is 2.33. The van der Waals surface area contributed by atoms with Gasteiger partial charge in [-0.3, -0.25) is 0 Å². The maximum atomic E-state index is 12.7. The lowest BCUT2D eigenvalue weighted by atomic mass is 9.78. The fourth-order valence-corrected chi connectivity index (χ4v) is 3.18. The molecule has 2 rings (SSSR count). The van der Waals surface area contributed by atoms with Crippen LogP contribution in [0.25, 0.3) is 0 Å². The second-order valence-corrected chi connectivity index (χ2v) is 6.42. The van der Waals surface area contributed by atoms with E-state index < -0.39 is 11.7 Å². The van der Waals surface area contributed by atoms with Crippen LogP contribution < -0.4 is 5.32 Å². The van der Waals surface area contributed by atoms with E-state index in [-0.39, 0.29) is 5.54 Å². The van der Waals surface area contributed by atoms with Gasteiger partial charge in [-0.05, 0) is 43.2 Å². The van der Waals surface area contributed by atoms with E-state index in [4.69, 9.17) is 11.6 Å². The smallest absolute Gasteiger partial charge is 0.306 e. The Morgan fingerprint density at radius 2 is 1.95 bits per heavy atom. The van der Waals surface area contributed by atoms with Gasteiger partial charge in [0, 0.05) is 18.0 Å². The van der Waals surface area contributed by atoms with Gasteiger partial charge in [-0.15, -0.1) is 11.6 Å². The van der Waals surface area contributed by atoms with Crippen molar-refractivity contribution < 1.29 is 13.2 Å². The van der Waals surface area contributed by atoms with Gasteiger partial charge in [-0.1, -0.05) is 25.1 Å². The number of rotatable bonds is 4. The summed E-state index contributed by atoms with van der Waals surface area (Å²) in [5, 5.41) is 3.40. The SMILES string of the molecule is CC1CCC(CCl)(NCc2cccc(C(F)(F)F)c2)CC1. The molecule has 0 aromatic heterocycles. The average Bonchev–Trinajstić information content (AvgIpc) is 2.47. The van der Waals surface area contributed by atoms with Crippen LogP contribution in [-0.2, 0) is 12.7 Å². The van der Waals surface area contributed by atoms with Crippen molar-refractivity contribution in [3.05, 3.63) is 35.4 Å². The van der Waals surface area contributed by atoms with Gasteiger partial charge in [0.15, 0.2) is 0 Å². The molecular weight excluding hydrogens is 299 g/mol. The molecule has 0 radical (unpaired) electrons. The molecule has 0 amide bonds. The van der Waals surface area contributed by atoms with Gasteiger partial charge < -0.3 is 5.32 Å². The summed E-state index contributed by atoms with van der Waals surface area (Å²) in [4.78, 5) is 0. The van der Waals surface area contributed by atoms with Crippen LogP contribution in [0.2, 0.25) is 0 Å². The van der Waals surface area contributed by atoms with E-state index in [1.54, 1.807) is 6.07 Å². The van der Waals surface area contributed by atoms with Crippen molar-refractivity contribution in [1.82, 2.24) is 5.32 Å². The molecule has 1 aromatic carbocycles. The third-order valence-corrected chi connectivity index (χ3v) is 4.92. The Bertz CT molecular complexity index is 465. The lowest BCUT2D eigenvalue weighted by molar-refractivity contribution is -0.137. The average molecular weight is 320 g/mol. The Kier molecular flexibility index (Phi) is 5.20. The van der Waals surface area contributed by atoms with Crippen molar-refractivity contribution >= 4 is 11.6 Å². The van der Waals surface area contributed by atoms with Crippen LogP contribution in [-0.4, -0.2) is 11.4 Å². The molecule has 0 bridgehead atoms. The summed E-state index contributed by atoms with van der Waals surface area (Å²) in [6.45, 7) is 2.65. The lowest BCUT2D eigenvalue weighted by Gasteiger charge is -2.39. The Morgan fingerprint density at radius 3 is 2.52 bits per heavy atom. The lowest BCUT2D eigenvalue weighted by Crippen LogP contribution is -2.49. The number of hydrogen-bond donors (Lipinski definition) is 1. The van der Waals surface area contributed by atoms with Gasteiger partial charge in [0.1, 0.15) is 0 Å². The first-order chi connectivity index (χ1) is 9.85. The van der Waals surface area contributed by atoms with E-state index in [2.05, 4.69) is 12.2 Å². The molecule has 0 spiro atoms. The summed E-state index contributed by atoms with van der Waals surface area (Å²) in [5.74, 6) is 1.20. The molecular formula is C16H21ClF3N. The summed E-state index contributed by atoms with van der Waals surface area (Å²) >= 11 is 6.11. The van der Waals surface area contributed by atoms with Crippen LogP contribution >= 0.6 is 11.6 Å². The van der Waals surface area contributed by atoms with Crippen LogP contribution in [0.4, 0.5) is 13.2 Å². The van der Waals surface area contributed by atoms with Crippen molar-refractivity contribution in [2.45, 2.75) is 50.9 Å². The molecule has 0 unspecified atom stereocenters. The highest BCUT2D eigenvalue weighted by atomic mass is 35.5. The molecule has 1 aliphatic rings. The van der Waals surface area contributed by atoms with E-state index in [0.29, 0.717) is 23.9 Å². The van der Waals surface area contributed by atoms with Gasteiger partial charge in [0.05, 0.1) is 5.56 Å². The van der Waals surface area contributed by atoms with E-state index in [1.807, 2.05) is 0 Å². The van der Waals surface area contributed by atoms with Crippen molar-refractivity contribution in [1.29, 1.82) is 0 Å². The van der Waals surface area contributed by atoms with Crippen molar-refractivity contribution in [2.24, 2.45) is 5.92 Å². The van der Waals surface area contributed by atoms with E-state index in [1.165, 1.54) is 12.1 Å². The number of halogens is 4. The van der Waals surface area contributed by atoms with E-state index >= 15 is 0 Å². The summed E-state index contributed by atoms with van der Waals surface area (Å²) < 4.78 is 38.1. The van der Waals surface area contributed by atoms with Crippen LogP contribution in [0.15, 0.2) is 24.3 Å². The largest absolute Gasteiger partial charge is 0.416 e. The highest BCUT2D eigenvalue weighted by Gasteiger charge is 2.33. The standard InChI is InChI=1S/C16H21ClF3N/c1-12-5-7-15(11-17,8-6-12)21-10-13-3-2-4-14(9-13)16(18,19)20/h2-4,9,12,21H,5-8,10-11H2,1H3. The Morgan fingerprint density at radius 1 is 1.29 bits per heavy atom. The summed E-state index contributed by atoms with van der Waals surface area (Å²) in [5.41, 5.74) is -0.0885. The molecule has 21 heavy (non-hydrogen) atoms. The minimum Gasteiger partial charge on any atom is -0.306 e. The summed E-state index contributed by atoms with van der Waals surface area (Å²) in [7, 11) is 0. The molecule has 1 N–H and O–H groups in total. The van der Waals surface area contributed by atoms with Gasteiger partial charge in [-0.2, -0.15) is 13.2 Å². The number of alkyl halides is 4. The molecule has 0 saturated heterocycles. The normalized spacial score (nSPS) is 26.8. The Hall–Kier alpha value is -0.740. The minimum absolute atomic E-state index is 0.137. The van der Waals surface area contributed by atoms with Crippen molar-refractivity contribution in [2.75, 3.05) is 5.88 Å². The second kappa shape index (κ2) is 6.57. The Balaban J connectivity index is 2.02. The third-order valence-electron chi connectivity index (χ3n) is 4.41. The molecule has 1 nitrogen and oxygen atoms in total. The minimum atomic E-state index is -4.29. The van der Waals surface area contributed by atoms with Gasteiger partial charge in [0.2, 0.25) is 0 Å².